The molecule has 0 rings (SSSR count). The van der Waals surface area contributed by atoms with Crippen molar-refractivity contribution in [1.29, 1.82) is 0 Å². The van der Waals surface area contributed by atoms with Gasteiger partial charge in [0.25, 0.3) is 0 Å². The number of amides is 1. The van der Waals surface area contributed by atoms with Crippen molar-refractivity contribution >= 4 is 12.2 Å². The molecule has 0 saturated carbocycles. The lowest BCUT2D eigenvalue weighted by molar-refractivity contribution is -0.100. The van der Waals surface area contributed by atoms with Crippen molar-refractivity contribution in [3.05, 3.63) is 0 Å². The van der Waals surface area contributed by atoms with Gasteiger partial charge in [0.05, 0.1) is 7.05 Å². The Labute approximate surface area is 76.0 Å². The fraction of sp³-hybridized carbons (Fsp3) is 0.714. The summed E-state index contributed by atoms with van der Waals surface area (Å²) in [4.78, 5) is 25.1. The summed E-state index contributed by atoms with van der Waals surface area (Å²) in [6.45, 7) is 5.00. The van der Waals surface area contributed by atoms with Crippen molar-refractivity contribution in [3.63, 3.8) is 0 Å². The average molecular weight is 191 g/mol. The van der Waals surface area contributed by atoms with E-state index in [1.54, 1.807) is 20.8 Å². The fourth-order valence-corrected chi connectivity index (χ4v) is 0.481. The van der Waals surface area contributed by atoms with Gasteiger partial charge >= 0.3 is 12.2 Å². The van der Waals surface area contributed by atoms with Crippen LogP contribution >= 0.6 is 0 Å². The normalized spacial score (nSPS) is 10.5. The maximum absolute atomic E-state index is 11.0. The molecule has 0 aliphatic carbocycles. The fourth-order valence-electron chi connectivity index (χ4n) is 0.481. The molecule has 0 aromatic heterocycles. The summed E-state index contributed by atoms with van der Waals surface area (Å²) in [5, 5.41) is 8.67. The number of nitrogens with zero attached hydrogens (tertiary/aromatic N) is 1. The number of ether oxygens (including phenoxy) is 1. The molecule has 0 unspecified atom stereocenters. The summed E-state index contributed by atoms with van der Waals surface area (Å²) in [5.74, 6) is 0. The molecule has 6 heteroatoms. The van der Waals surface area contributed by atoms with Gasteiger partial charge in [0.15, 0.2) is 0 Å². The van der Waals surface area contributed by atoms with Gasteiger partial charge in [0.1, 0.15) is 5.60 Å². The van der Waals surface area contributed by atoms with Crippen LogP contribution < -0.4 is 0 Å². The number of hydrogen-bond acceptors (Lipinski definition) is 4. The molecule has 1 amide bonds. The van der Waals surface area contributed by atoms with E-state index in [0.29, 0.717) is 5.06 Å². The van der Waals surface area contributed by atoms with Crippen molar-refractivity contribution in [3.8, 4) is 0 Å². The predicted molar refractivity (Wildman–Crippen MR) is 43.1 cm³/mol. The van der Waals surface area contributed by atoms with Gasteiger partial charge in [-0.25, -0.2) is 9.59 Å². The number of hydrogen-bond donors (Lipinski definition) is 1. The third kappa shape index (κ3) is 5.77. The molecule has 6 nitrogen and oxygen atoms in total. The minimum Gasteiger partial charge on any atom is -0.448 e. The quantitative estimate of drug-likeness (QED) is 0.586. The molecule has 0 aromatic rings. The lowest BCUT2D eigenvalue weighted by Crippen LogP contribution is -2.35. The van der Waals surface area contributed by atoms with E-state index in [4.69, 9.17) is 9.84 Å². The van der Waals surface area contributed by atoms with E-state index in [1.807, 2.05) is 0 Å². The minimum absolute atomic E-state index is 0.508. The first-order valence-corrected chi connectivity index (χ1v) is 3.60. The van der Waals surface area contributed by atoms with Crippen LogP contribution in [0.3, 0.4) is 0 Å². The van der Waals surface area contributed by atoms with Crippen LogP contribution in [0.15, 0.2) is 0 Å². The molecule has 0 radical (unpaired) electrons. The van der Waals surface area contributed by atoms with E-state index < -0.39 is 17.8 Å². The van der Waals surface area contributed by atoms with Gasteiger partial charge in [-0.1, -0.05) is 0 Å². The highest BCUT2D eigenvalue weighted by Gasteiger charge is 2.21. The van der Waals surface area contributed by atoms with Gasteiger partial charge in [-0.15, -0.1) is 5.06 Å². The predicted octanol–water partition coefficient (Wildman–Crippen LogP) is 1.46. The first-order valence-electron chi connectivity index (χ1n) is 3.60. The van der Waals surface area contributed by atoms with E-state index in [-0.39, 0.29) is 0 Å². The van der Waals surface area contributed by atoms with Gasteiger partial charge in [-0.05, 0) is 20.8 Å². The Kier molecular flexibility index (Phi) is 3.53. The van der Waals surface area contributed by atoms with Gasteiger partial charge in [-0.3, -0.25) is 0 Å². The molecule has 0 fully saturated rings. The second-order valence-corrected chi connectivity index (χ2v) is 3.34. The van der Waals surface area contributed by atoms with Crippen LogP contribution in [0.2, 0.25) is 0 Å². The Hall–Kier alpha value is -1.46. The maximum Gasteiger partial charge on any atom is 0.531 e. The van der Waals surface area contributed by atoms with Gasteiger partial charge in [-0.2, -0.15) is 0 Å². The van der Waals surface area contributed by atoms with Crippen molar-refractivity contribution in [2.24, 2.45) is 0 Å². The highest BCUT2D eigenvalue weighted by molar-refractivity contribution is 5.68. The molecule has 0 aliphatic rings. The minimum atomic E-state index is -1.56. The zero-order chi connectivity index (χ0) is 10.6. The number of carboxylic acid groups (broad SMARTS) is 1. The first-order chi connectivity index (χ1) is 5.72. The molecular formula is C7H13NO5. The molecule has 0 bridgehead atoms. The standard InChI is InChI=1S/C7H13NO5/c1-7(2,3)12-5(9)8(4)13-6(10)11/h1-4H3,(H,10,11). The zero-order valence-corrected chi connectivity index (χ0v) is 8.03. The second-order valence-electron chi connectivity index (χ2n) is 3.34. The van der Waals surface area contributed by atoms with Crippen molar-refractivity contribution < 1.29 is 24.3 Å². The SMILES string of the molecule is CN(OC(=O)O)C(=O)OC(C)(C)C. The zero-order valence-electron chi connectivity index (χ0n) is 8.03. The number of carbonyl (C=O) groups excluding carboxylic acids is 1. The summed E-state index contributed by atoms with van der Waals surface area (Å²) >= 11 is 0. The van der Waals surface area contributed by atoms with E-state index in [0.717, 1.165) is 7.05 Å². The summed E-state index contributed by atoms with van der Waals surface area (Å²) in [6.07, 6.45) is -2.41. The Morgan fingerprint density at radius 1 is 1.31 bits per heavy atom. The third-order valence-electron chi connectivity index (χ3n) is 0.866. The first kappa shape index (κ1) is 11.5. The summed E-state index contributed by atoms with van der Waals surface area (Å²) in [6, 6.07) is 0. The van der Waals surface area contributed by atoms with E-state index in [2.05, 4.69) is 4.84 Å². The molecule has 0 heterocycles. The lowest BCUT2D eigenvalue weighted by atomic mass is 10.2. The van der Waals surface area contributed by atoms with Crippen molar-refractivity contribution in [2.75, 3.05) is 7.05 Å². The smallest absolute Gasteiger partial charge is 0.448 e. The van der Waals surface area contributed by atoms with Crippen molar-refractivity contribution in [2.45, 2.75) is 26.4 Å². The monoisotopic (exact) mass is 191 g/mol. The van der Waals surface area contributed by atoms with Crippen LogP contribution in [0.4, 0.5) is 9.59 Å². The largest absolute Gasteiger partial charge is 0.531 e. The summed E-state index contributed by atoms with van der Waals surface area (Å²) in [5.41, 5.74) is -0.673. The van der Waals surface area contributed by atoms with Gasteiger partial charge in [0.2, 0.25) is 0 Å². The molecule has 0 saturated heterocycles. The van der Waals surface area contributed by atoms with Crippen LogP contribution in [0, 0.1) is 0 Å². The van der Waals surface area contributed by atoms with Gasteiger partial charge < -0.3 is 14.7 Å². The number of hydroxylamine groups is 2. The van der Waals surface area contributed by atoms with Gasteiger partial charge in [0, 0.05) is 0 Å². The Bertz CT molecular complexity index is 207. The summed E-state index contributed by atoms with van der Waals surface area (Å²) < 4.78 is 4.80. The molecule has 0 spiro atoms. The molecule has 0 aliphatic heterocycles. The molecule has 0 aromatic carbocycles. The molecule has 76 valence electrons. The number of carbonyl (C=O) groups is 2. The van der Waals surface area contributed by atoms with Crippen LogP contribution in [0.1, 0.15) is 20.8 Å². The third-order valence-corrected chi connectivity index (χ3v) is 0.866. The maximum atomic E-state index is 11.0. The Balaban J connectivity index is 4.05. The van der Waals surface area contributed by atoms with Crippen LogP contribution in [-0.2, 0) is 9.57 Å². The van der Waals surface area contributed by atoms with E-state index in [1.165, 1.54) is 0 Å². The molecule has 1 N–H and O–H groups in total. The molecule has 0 atom stereocenters. The molecule has 13 heavy (non-hydrogen) atoms. The molecular weight excluding hydrogens is 178 g/mol. The van der Waals surface area contributed by atoms with Crippen LogP contribution in [0.25, 0.3) is 0 Å². The Morgan fingerprint density at radius 2 is 1.77 bits per heavy atom. The highest BCUT2D eigenvalue weighted by Crippen LogP contribution is 2.08. The lowest BCUT2D eigenvalue weighted by Gasteiger charge is -2.22. The van der Waals surface area contributed by atoms with Crippen molar-refractivity contribution in [1.82, 2.24) is 5.06 Å². The van der Waals surface area contributed by atoms with Crippen LogP contribution in [-0.4, -0.2) is 35.1 Å². The van der Waals surface area contributed by atoms with E-state index >= 15 is 0 Å². The second kappa shape index (κ2) is 3.97. The number of rotatable bonds is 0. The van der Waals surface area contributed by atoms with Crippen LogP contribution in [0.5, 0.6) is 0 Å². The highest BCUT2D eigenvalue weighted by atomic mass is 16.8. The average Bonchev–Trinajstić information content (AvgIpc) is 1.81. The topological polar surface area (TPSA) is 76.1 Å². The Morgan fingerprint density at radius 3 is 2.08 bits per heavy atom. The summed E-state index contributed by atoms with van der Waals surface area (Å²) in [7, 11) is 1.15. The van der Waals surface area contributed by atoms with E-state index in [9.17, 15) is 9.59 Å².